The van der Waals surface area contributed by atoms with Gasteiger partial charge in [0.05, 0.1) is 5.92 Å². The molecule has 0 bridgehead atoms. The van der Waals surface area contributed by atoms with E-state index in [1.165, 1.54) is 24.0 Å². The normalized spacial score (nSPS) is 26.7. The molecule has 3 aliphatic rings. The van der Waals surface area contributed by atoms with Crippen LogP contribution in [-0.4, -0.2) is 33.5 Å². The number of imidazole rings is 1. The standard InChI is InChI=1S/C20H23N3O2/c1-22-10-9-21-18(22)17-15(6-11-25-17)19(24)23-12-14-4-2-3-5-16(14)20(13-23)7-8-20/h2-5,9-10,15,17H,6-8,11-13H2,1H3/t15-,17-/m1/s1. The Morgan fingerprint density at radius 3 is 2.92 bits per heavy atom. The molecule has 3 heterocycles. The van der Waals surface area contributed by atoms with Crippen molar-refractivity contribution in [3.63, 3.8) is 0 Å². The van der Waals surface area contributed by atoms with Gasteiger partial charge in [-0.1, -0.05) is 24.3 Å². The van der Waals surface area contributed by atoms with Crippen LogP contribution in [0.1, 0.15) is 42.3 Å². The highest BCUT2D eigenvalue weighted by Gasteiger charge is 2.51. The molecule has 0 N–H and O–H groups in total. The van der Waals surface area contributed by atoms with Crippen molar-refractivity contribution in [3.05, 3.63) is 53.6 Å². The minimum atomic E-state index is -0.222. The molecule has 2 atom stereocenters. The van der Waals surface area contributed by atoms with Crippen LogP contribution in [-0.2, 0) is 28.5 Å². The maximum atomic E-state index is 13.4. The minimum absolute atomic E-state index is 0.123. The first-order valence-electron chi connectivity index (χ1n) is 9.14. The molecule has 25 heavy (non-hydrogen) atoms. The van der Waals surface area contributed by atoms with Gasteiger partial charge in [-0.05, 0) is 30.4 Å². The van der Waals surface area contributed by atoms with Crippen LogP contribution < -0.4 is 0 Å². The van der Waals surface area contributed by atoms with Gasteiger partial charge in [0.25, 0.3) is 0 Å². The monoisotopic (exact) mass is 337 g/mol. The number of amides is 1. The first-order valence-corrected chi connectivity index (χ1v) is 9.14. The van der Waals surface area contributed by atoms with Crippen LogP contribution in [0, 0.1) is 5.92 Å². The number of hydrogen-bond acceptors (Lipinski definition) is 3. The molecule has 5 heteroatoms. The maximum absolute atomic E-state index is 13.4. The first-order chi connectivity index (χ1) is 12.2. The number of carbonyl (C=O) groups is 1. The van der Waals surface area contributed by atoms with E-state index in [-0.39, 0.29) is 23.3 Å². The highest BCUT2D eigenvalue weighted by atomic mass is 16.5. The molecule has 1 aliphatic carbocycles. The first kappa shape index (κ1) is 15.1. The van der Waals surface area contributed by atoms with Gasteiger partial charge in [-0.3, -0.25) is 4.79 Å². The van der Waals surface area contributed by atoms with Crippen molar-refractivity contribution in [2.75, 3.05) is 13.2 Å². The molecule has 2 aliphatic heterocycles. The van der Waals surface area contributed by atoms with Crippen LogP contribution in [0.5, 0.6) is 0 Å². The van der Waals surface area contributed by atoms with E-state index in [2.05, 4.69) is 34.1 Å². The van der Waals surface area contributed by atoms with Crippen molar-refractivity contribution < 1.29 is 9.53 Å². The number of benzene rings is 1. The summed E-state index contributed by atoms with van der Waals surface area (Å²) in [6, 6.07) is 8.63. The van der Waals surface area contributed by atoms with Gasteiger partial charge in [0, 0.05) is 44.6 Å². The lowest BCUT2D eigenvalue weighted by molar-refractivity contribution is -0.139. The van der Waals surface area contributed by atoms with Crippen molar-refractivity contribution in [1.82, 2.24) is 14.5 Å². The van der Waals surface area contributed by atoms with Gasteiger partial charge in [0.1, 0.15) is 11.9 Å². The van der Waals surface area contributed by atoms with E-state index in [1.54, 1.807) is 6.20 Å². The number of fused-ring (bicyclic) bond motifs is 2. The van der Waals surface area contributed by atoms with Crippen molar-refractivity contribution in [1.29, 1.82) is 0 Å². The largest absolute Gasteiger partial charge is 0.369 e. The fourth-order valence-electron chi connectivity index (χ4n) is 4.60. The van der Waals surface area contributed by atoms with E-state index < -0.39 is 0 Å². The van der Waals surface area contributed by atoms with E-state index in [0.29, 0.717) is 6.61 Å². The Bertz CT molecular complexity index is 824. The number of aryl methyl sites for hydroxylation is 1. The van der Waals surface area contributed by atoms with E-state index >= 15 is 0 Å². The van der Waals surface area contributed by atoms with Gasteiger partial charge < -0.3 is 14.2 Å². The molecule has 2 fully saturated rings. The fraction of sp³-hybridized carbons (Fsp3) is 0.500. The molecule has 1 saturated carbocycles. The molecule has 1 aromatic carbocycles. The van der Waals surface area contributed by atoms with Crippen molar-refractivity contribution in [3.8, 4) is 0 Å². The fourth-order valence-corrected chi connectivity index (χ4v) is 4.60. The average molecular weight is 337 g/mol. The third-order valence-corrected chi connectivity index (χ3v) is 6.13. The third-order valence-electron chi connectivity index (χ3n) is 6.13. The second-order valence-corrected chi connectivity index (χ2v) is 7.71. The highest BCUT2D eigenvalue weighted by molar-refractivity contribution is 5.80. The zero-order valence-electron chi connectivity index (χ0n) is 14.5. The lowest BCUT2D eigenvalue weighted by Crippen LogP contribution is -2.45. The zero-order chi connectivity index (χ0) is 17.0. The summed E-state index contributed by atoms with van der Waals surface area (Å²) in [5.41, 5.74) is 2.98. The molecule has 0 unspecified atom stereocenters. The Labute approximate surface area is 147 Å². The predicted octanol–water partition coefficient (Wildman–Crippen LogP) is 2.57. The molecule has 5 nitrogen and oxygen atoms in total. The van der Waals surface area contributed by atoms with Gasteiger partial charge in [0.15, 0.2) is 0 Å². The number of carbonyl (C=O) groups excluding carboxylic acids is 1. The van der Waals surface area contributed by atoms with Crippen LogP contribution in [0.4, 0.5) is 0 Å². The molecule has 1 saturated heterocycles. The van der Waals surface area contributed by atoms with Gasteiger partial charge in [-0.2, -0.15) is 0 Å². The number of nitrogens with zero attached hydrogens (tertiary/aromatic N) is 3. The number of ether oxygens (including phenoxy) is 1. The predicted molar refractivity (Wildman–Crippen MR) is 92.8 cm³/mol. The molecule has 1 aromatic heterocycles. The van der Waals surface area contributed by atoms with E-state index in [4.69, 9.17) is 4.74 Å². The Balaban J connectivity index is 1.42. The Morgan fingerprint density at radius 1 is 1.32 bits per heavy atom. The topological polar surface area (TPSA) is 47.4 Å². The smallest absolute Gasteiger partial charge is 0.229 e. The summed E-state index contributed by atoms with van der Waals surface area (Å²) < 4.78 is 7.87. The molecular formula is C20H23N3O2. The van der Waals surface area contributed by atoms with Gasteiger partial charge in [-0.25, -0.2) is 4.98 Å². The summed E-state index contributed by atoms with van der Waals surface area (Å²) in [4.78, 5) is 19.8. The average Bonchev–Trinajstić information content (AvgIpc) is 3.04. The van der Waals surface area contributed by atoms with Gasteiger partial charge in [-0.15, -0.1) is 0 Å². The van der Waals surface area contributed by atoms with Crippen LogP contribution >= 0.6 is 0 Å². The molecule has 1 amide bonds. The van der Waals surface area contributed by atoms with E-state index in [1.807, 2.05) is 17.8 Å². The molecular weight excluding hydrogens is 314 g/mol. The Hall–Kier alpha value is -2.14. The van der Waals surface area contributed by atoms with Crippen molar-refractivity contribution in [2.45, 2.75) is 37.3 Å². The number of aromatic nitrogens is 2. The summed E-state index contributed by atoms with van der Waals surface area (Å²) >= 11 is 0. The van der Waals surface area contributed by atoms with Crippen LogP contribution in [0.3, 0.4) is 0 Å². The molecule has 130 valence electrons. The van der Waals surface area contributed by atoms with Crippen LogP contribution in [0.2, 0.25) is 0 Å². The molecule has 5 rings (SSSR count). The van der Waals surface area contributed by atoms with Crippen LogP contribution in [0.15, 0.2) is 36.7 Å². The lowest BCUT2D eigenvalue weighted by atomic mass is 9.86. The van der Waals surface area contributed by atoms with Gasteiger partial charge in [0.2, 0.25) is 5.91 Å². The van der Waals surface area contributed by atoms with Crippen molar-refractivity contribution in [2.24, 2.45) is 13.0 Å². The lowest BCUT2D eigenvalue weighted by Gasteiger charge is -2.37. The van der Waals surface area contributed by atoms with E-state index in [0.717, 1.165) is 25.3 Å². The summed E-state index contributed by atoms with van der Waals surface area (Å²) in [5, 5.41) is 0. The highest BCUT2D eigenvalue weighted by Crippen LogP contribution is 2.52. The number of rotatable bonds is 2. The second-order valence-electron chi connectivity index (χ2n) is 7.71. The van der Waals surface area contributed by atoms with Crippen molar-refractivity contribution >= 4 is 5.91 Å². The molecule has 1 spiro atoms. The summed E-state index contributed by atoms with van der Waals surface area (Å²) in [5.74, 6) is 0.961. The quantitative estimate of drug-likeness (QED) is 0.846. The zero-order valence-corrected chi connectivity index (χ0v) is 14.5. The second kappa shape index (κ2) is 5.43. The Kier molecular flexibility index (Phi) is 3.29. The third kappa shape index (κ3) is 2.33. The minimum Gasteiger partial charge on any atom is -0.369 e. The Morgan fingerprint density at radius 2 is 2.16 bits per heavy atom. The SMILES string of the molecule is Cn1ccnc1[C@@H]1OCC[C@H]1C(=O)N1Cc2ccccc2C2(CC2)C1. The van der Waals surface area contributed by atoms with Crippen LogP contribution in [0.25, 0.3) is 0 Å². The number of hydrogen-bond donors (Lipinski definition) is 0. The summed E-state index contributed by atoms with van der Waals surface area (Å²) in [6.07, 6.45) is 6.63. The van der Waals surface area contributed by atoms with E-state index in [9.17, 15) is 4.79 Å². The summed E-state index contributed by atoms with van der Waals surface area (Å²) in [6.45, 7) is 2.21. The molecule has 2 aromatic rings. The molecule has 0 radical (unpaired) electrons. The maximum Gasteiger partial charge on any atom is 0.229 e. The summed E-state index contributed by atoms with van der Waals surface area (Å²) in [7, 11) is 1.96. The van der Waals surface area contributed by atoms with Gasteiger partial charge >= 0.3 is 0 Å².